The van der Waals surface area contributed by atoms with E-state index in [4.69, 9.17) is 51.1 Å². The normalized spacial score (nSPS) is 12.0. The summed E-state index contributed by atoms with van der Waals surface area (Å²) in [5, 5.41) is 0.961. The molecule has 0 atom stereocenters. The van der Waals surface area contributed by atoms with Crippen molar-refractivity contribution in [1.29, 1.82) is 0 Å². The Labute approximate surface area is 176 Å². The maximum atomic E-state index is 12.8. The lowest BCUT2D eigenvalue weighted by atomic mass is 10.2. The summed E-state index contributed by atoms with van der Waals surface area (Å²) in [6.07, 6.45) is 0. The molecule has 1 aromatic heterocycles. The van der Waals surface area contributed by atoms with E-state index in [0.29, 0.717) is 12.1 Å². The first-order valence-electron chi connectivity index (χ1n) is 6.82. The van der Waals surface area contributed by atoms with Gasteiger partial charge >= 0.3 is 5.51 Å². The molecule has 0 fully saturated rings. The Bertz CT molecular complexity index is 1060. The summed E-state index contributed by atoms with van der Waals surface area (Å²) in [4.78, 5) is 15.0. The summed E-state index contributed by atoms with van der Waals surface area (Å²) in [5.41, 5.74) is -6.42. The Kier molecular flexibility index (Phi) is 6.61. The van der Waals surface area contributed by atoms with Gasteiger partial charge in [-0.1, -0.05) is 46.4 Å². The lowest BCUT2D eigenvalue weighted by Crippen LogP contribution is -2.23. The molecule has 152 valence electrons. The smallest absolute Gasteiger partial charge is 0.495 e. The number of alkyl halides is 3. The van der Waals surface area contributed by atoms with Gasteiger partial charge in [-0.2, -0.15) is 13.2 Å². The van der Waals surface area contributed by atoms with Gasteiger partial charge < -0.3 is 10.1 Å². The van der Waals surface area contributed by atoms with Crippen LogP contribution in [0.5, 0.6) is 5.75 Å². The molecule has 0 unspecified atom stereocenters. The maximum absolute atomic E-state index is 12.8. The van der Waals surface area contributed by atoms with Gasteiger partial charge in [-0.25, -0.2) is 13.4 Å². The van der Waals surface area contributed by atoms with Crippen LogP contribution in [0.25, 0.3) is 0 Å². The number of pyridine rings is 1. The molecule has 1 N–H and O–H groups in total. The van der Waals surface area contributed by atoms with Gasteiger partial charge in [-0.05, 0) is 18.2 Å². The Morgan fingerprint density at radius 2 is 1.71 bits per heavy atom. The predicted molar refractivity (Wildman–Crippen MR) is 98.5 cm³/mol. The number of benzene rings is 1. The first-order valence-corrected chi connectivity index (χ1v) is 9.81. The number of carbonyl (C=O) groups excluding carboxylic acids is 1. The first-order chi connectivity index (χ1) is 12.8. The highest BCUT2D eigenvalue weighted by Crippen LogP contribution is 2.38. The molecule has 1 amide bonds. The van der Waals surface area contributed by atoms with Crippen LogP contribution in [0.3, 0.4) is 0 Å². The third-order valence-corrected chi connectivity index (χ3v) is 6.40. The molecule has 0 bridgehead atoms. The molecule has 0 aliphatic carbocycles. The number of nitrogens with one attached hydrogen (secondary N) is 1. The van der Waals surface area contributed by atoms with Crippen molar-refractivity contribution >= 4 is 67.8 Å². The van der Waals surface area contributed by atoms with Gasteiger partial charge in [-0.15, -0.1) is 0 Å². The van der Waals surface area contributed by atoms with E-state index in [1.54, 1.807) is 0 Å². The first kappa shape index (κ1) is 22.8. The fourth-order valence-corrected chi connectivity index (χ4v) is 3.51. The van der Waals surface area contributed by atoms with Crippen molar-refractivity contribution < 1.29 is 31.1 Å². The Balaban J connectivity index is 2.52. The minimum Gasteiger partial charge on any atom is -0.495 e. The van der Waals surface area contributed by atoms with Crippen molar-refractivity contribution in [2.75, 3.05) is 12.4 Å². The van der Waals surface area contributed by atoms with Crippen LogP contribution in [-0.4, -0.2) is 31.9 Å². The number of sulfone groups is 1. The van der Waals surface area contributed by atoms with Gasteiger partial charge in [-0.3, -0.25) is 4.79 Å². The molecule has 14 heteroatoms. The molecule has 1 heterocycles. The van der Waals surface area contributed by atoms with Gasteiger partial charge in [0.2, 0.25) is 0 Å². The van der Waals surface area contributed by atoms with E-state index in [-0.39, 0.29) is 26.0 Å². The number of methoxy groups -OCH3 is 1. The lowest BCUT2D eigenvalue weighted by Gasteiger charge is -2.14. The number of ether oxygens (including phenoxy) is 1. The van der Waals surface area contributed by atoms with E-state index in [0.717, 1.165) is 13.2 Å². The summed E-state index contributed by atoms with van der Waals surface area (Å²) in [6, 6.07) is 2.19. The summed E-state index contributed by atoms with van der Waals surface area (Å²) in [6.45, 7) is 0. The van der Waals surface area contributed by atoms with E-state index >= 15 is 0 Å². The number of amides is 1. The monoisotopic (exact) mass is 496 g/mol. The van der Waals surface area contributed by atoms with Crippen molar-refractivity contribution in [2.45, 2.75) is 10.4 Å². The van der Waals surface area contributed by atoms with E-state index < -0.39 is 37.5 Å². The highest BCUT2D eigenvalue weighted by Gasteiger charge is 2.47. The van der Waals surface area contributed by atoms with Crippen molar-refractivity contribution in [3.05, 3.63) is 44.1 Å². The van der Waals surface area contributed by atoms with Crippen LogP contribution >= 0.6 is 46.4 Å². The molecule has 0 saturated heterocycles. The zero-order chi connectivity index (χ0) is 21.4. The molecular weight excluding hydrogens is 491 g/mol. The zero-order valence-corrected chi connectivity index (χ0v) is 17.2. The topological polar surface area (TPSA) is 85.4 Å². The van der Waals surface area contributed by atoms with Crippen LogP contribution in [0, 0.1) is 0 Å². The number of halogens is 7. The van der Waals surface area contributed by atoms with Crippen LogP contribution in [0.4, 0.5) is 18.9 Å². The van der Waals surface area contributed by atoms with E-state index in [2.05, 4.69) is 10.3 Å². The number of carbonyl (C=O) groups is 1. The minimum atomic E-state index is -5.66. The van der Waals surface area contributed by atoms with Crippen molar-refractivity contribution in [1.82, 2.24) is 4.98 Å². The fraction of sp³-hybridized carbons (Fsp3) is 0.143. The van der Waals surface area contributed by atoms with Crippen LogP contribution in [0.2, 0.25) is 20.2 Å². The van der Waals surface area contributed by atoms with Crippen molar-refractivity contribution in [3.8, 4) is 5.75 Å². The molecule has 0 spiro atoms. The molecule has 2 aromatic rings. The lowest BCUT2D eigenvalue weighted by molar-refractivity contribution is -0.0436. The number of anilines is 1. The van der Waals surface area contributed by atoms with E-state index in [1.807, 2.05) is 0 Å². The quantitative estimate of drug-likeness (QED) is 0.583. The van der Waals surface area contributed by atoms with Gasteiger partial charge in [0.05, 0.1) is 32.8 Å². The molecule has 0 radical (unpaired) electrons. The summed E-state index contributed by atoms with van der Waals surface area (Å²) in [7, 11) is -4.50. The number of hydrogen-bond donors (Lipinski definition) is 1. The third kappa shape index (κ3) is 4.25. The Morgan fingerprint density at radius 1 is 1.11 bits per heavy atom. The Hall–Kier alpha value is -1.46. The summed E-state index contributed by atoms with van der Waals surface area (Å²) < 4.78 is 66.4. The van der Waals surface area contributed by atoms with E-state index in [1.165, 1.54) is 0 Å². The van der Waals surface area contributed by atoms with Crippen LogP contribution in [0.15, 0.2) is 23.1 Å². The molecule has 6 nitrogen and oxygen atoms in total. The summed E-state index contributed by atoms with van der Waals surface area (Å²) in [5.74, 6) is -1.18. The van der Waals surface area contributed by atoms with Gasteiger partial charge in [0.15, 0.2) is 0 Å². The SMILES string of the molecule is COc1ccc(S(=O)(=O)C(F)(F)F)cc1NC(=O)c1nc(Cl)c(Cl)c(Cl)c1Cl. The van der Waals surface area contributed by atoms with Crippen LogP contribution < -0.4 is 10.1 Å². The molecular formula is C14H7Cl4F3N2O4S. The number of rotatable bonds is 4. The largest absolute Gasteiger partial charge is 0.501 e. The highest BCUT2D eigenvalue weighted by molar-refractivity contribution is 7.92. The van der Waals surface area contributed by atoms with Crippen molar-refractivity contribution in [2.24, 2.45) is 0 Å². The standard InChI is InChI=1S/C14H7Cl4F3N2O4S/c1-27-7-3-2-5(28(25,26)14(19,20)21)4-6(7)22-13(24)11-9(16)8(15)10(17)12(18)23-11/h2-4H,1H3,(H,22,24). The average molecular weight is 498 g/mol. The third-order valence-electron chi connectivity index (χ3n) is 3.23. The second-order valence-electron chi connectivity index (χ2n) is 4.96. The molecule has 0 aliphatic heterocycles. The zero-order valence-electron chi connectivity index (χ0n) is 13.4. The van der Waals surface area contributed by atoms with Crippen LogP contribution in [0.1, 0.15) is 10.5 Å². The highest BCUT2D eigenvalue weighted by atomic mass is 35.5. The maximum Gasteiger partial charge on any atom is 0.501 e. The van der Waals surface area contributed by atoms with E-state index in [9.17, 15) is 26.4 Å². The van der Waals surface area contributed by atoms with Gasteiger partial charge in [0.1, 0.15) is 16.6 Å². The Morgan fingerprint density at radius 3 is 2.25 bits per heavy atom. The molecule has 1 aromatic carbocycles. The molecule has 2 rings (SSSR count). The predicted octanol–water partition coefficient (Wildman–Crippen LogP) is 5.25. The minimum absolute atomic E-state index is 0.128. The second-order valence-corrected chi connectivity index (χ2v) is 8.39. The summed E-state index contributed by atoms with van der Waals surface area (Å²) >= 11 is 23.2. The number of hydrogen-bond acceptors (Lipinski definition) is 5. The van der Waals surface area contributed by atoms with Gasteiger partial charge in [0.25, 0.3) is 15.7 Å². The second kappa shape index (κ2) is 8.11. The number of nitrogens with zero attached hydrogens (tertiary/aromatic N) is 1. The average Bonchev–Trinajstić information content (AvgIpc) is 2.61. The fourth-order valence-electron chi connectivity index (χ4n) is 1.90. The molecule has 0 aliphatic rings. The van der Waals surface area contributed by atoms with Gasteiger partial charge in [0, 0.05) is 0 Å². The molecule has 0 saturated carbocycles. The van der Waals surface area contributed by atoms with Crippen LogP contribution in [-0.2, 0) is 9.84 Å². The van der Waals surface area contributed by atoms with Crippen molar-refractivity contribution in [3.63, 3.8) is 0 Å². The molecule has 28 heavy (non-hydrogen) atoms. The number of aromatic nitrogens is 1.